The van der Waals surface area contributed by atoms with Gasteiger partial charge in [-0.2, -0.15) is 0 Å². The van der Waals surface area contributed by atoms with Crippen LogP contribution in [0.5, 0.6) is 0 Å². The molecule has 0 saturated carbocycles. The molecule has 0 amide bonds. The zero-order chi connectivity index (χ0) is 26.5. The van der Waals surface area contributed by atoms with Gasteiger partial charge >= 0.3 is 226 Å². The van der Waals surface area contributed by atoms with Crippen LogP contribution in [0.2, 0.25) is 4.71 Å². The third-order valence-corrected chi connectivity index (χ3v) is 8.42. The number of benzene rings is 2. The fraction of sp³-hybridized carbons (Fsp3) is 0.107. The van der Waals surface area contributed by atoms with E-state index in [0.29, 0.717) is 17.3 Å². The van der Waals surface area contributed by atoms with E-state index < -0.39 is 26.4 Å². The number of rotatable bonds is 10. The van der Waals surface area contributed by atoms with Crippen molar-refractivity contribution in [2.75, 3.05) is 23.8 Å². The van der Waals surface area contributed by atoms with Gasteiger partial charge < -0.3 is 0 Å². The SMILES string of the molecule is CNc1nccc(-c2cc3cc(C(=O)[As]C(CN(c4ccccc4)c4ccccn4)C(=O)O)ccc3[nH]2)n1. The van der Waals surface area contributed by atoms with Crippen LogP contribution in [0.3, 0.4) is 0 Å². The van der Waals surface area contributed by atoms with E-state index in [2.05, 4.69) is 25.3 Å². The Morgan fingerprint density at radius 3 is 2.55 bits per heavy atom. The van der Waals surface area contributed by atoms with Gasteiger partial charge in [-0.1, -0.05) is 0 Å². The van der Waals surface area contributed by atoms with Gasteiger partial charge in [-0.05, 0) is 0 Å². The van der Waals surface area contributed by atoms with Crippen molar-refractivity contribution in [2.24, 2.45) is 0 Å². The molecule has 0 bridgehead atoms. The number of para-hydroxylation sites is 1. The third kappa shape index (κ3) is 5.58. The van der Waals surface area contributed by atoms with E-state index in [4.69, 9.17) is 0 Å². The third-order valence-electron chi connectivity index (χ3n) is 5.93. The molecule has 38 heavy (non-hydrogen) atoms. The van der Waals surface area contributed by atoms with Gasteiger partial charge in [0.25, 0.3) is 0 Å². The fourth-order valence-electron chi connectivity index (χ4n) is 4.05. The van der Waals surface area contributed by atoms with Crippen LogP contribution in [0.15, 0.2) is 91.3 Å². The number of hydrogen-bond donors (Lipinski definition) is 3. The van der Waals surface area contributed by atoms with Crippen LogP contribution < -0.4 is 10.2 Å². The molecule has 1 atom stereocenters. The van der Waals surface area contributed by atoms with E-state index in [1.165, 1.54) is 0 Å². The quantitative estimate of drug-likeness (QED) is 0.209. The molecule has 0 fully saturated rings. The fourth-order valence-corrected chi connectivity index (χ4v) is 5.99. The average Bonchev–Trinajstić information content (AvgIpc) is 3.39. The van der Waals surface area contributed by atoms with E-state index in [1.807, 2.05) is 65.6 Å². The molecule has 0 aliphatic rings. The van der Waals surface area contributed by atoms with Crippen molar-refractivity contribution in [3.63, 3.8) is 0 Å². The van der Waals surface area contributed by atoms with E-state index in [1.54, 1.807) is 37.6 Å². The summed E-state index contributed by atoms with van der Waals surface area (Å²) in [4.78, 5) is 43.8. The van der Waals surface area contributed by atoms with Gasteiger partial charge in [0.15, 0.2) is 0 Å². The monoisotopic (exact) mass is 567 g/mol. The van der Waals surface area contributed by atoms with Crippen molar-refractivity contribution in [2.45, 2.75) is 4.71 Å². The maximum absolute atomic E-state index is 13.3. The minimum atomic E-state index is -1.21. The first-order valence-corrected chi connectivity index (χ1v) is 13.9. The number of H-pyrrole nitrogens is 1. The number of nitrogens with one attached hydrogen (secondary N) is 2. The second kappa shape index (κ2) is 11.3. The van der Waals surface area contributed by atoms with Crippen LogP contribution in [0.25, 0.3) is 22.3 Å². The van der Waals surface area contributed by atoms with Gasteiger partial charge in [-0.25, -0.2) is 0 Å². The molecule has 9 nitrogen and oxygen atoms in total. The second-order valence-electron chi connectivity index (χ2n) is 8.42. The molecule has 0 aliphatic carbocycles. The molecular weight excluding hydrogens is 543 g/mol. The first-order chi connectivity index (χ1) is 18.5. The molecule has 189 valence electrons. The number of carboxylic acids is 1. The molecule has 5 rings (SSSR count). The number of carboxylic acid groups (broad SMARTS) is 1. The summed E-state index contributed by atoms with van der Waals surface area (Å²) in [6, 6.07) is 24.1. The van der Waals surface area contributed by atoms with Crippen molar-refractivity contribution in [3.05, 3.63) is 96.8 Å². The number of pyridine rings is 1. The Bertz CT molecular complexity index is 1540. The zero-order valence-electron chi connectivity index (χ0n) is 20.4. The summed E-state index contributed by atoms with van der Waals surface area (Å²) in [5, 5.41) is 13.8. The number of hydrogen-bond acceptors (Lipinski definition) is 7. The van der Waals surface area contributed by atoms with Gasteiger partial charge in [-0.3, -0.25) is 0 Å². The zero-order valence-corrected chi connectivity index (χ0v) is 22.3. The number of aliphatic carboxylic acids is 1. The Morgan fingerprint density at radius 2 is 1.82 bits per heavy atom. The Labute approximate surface area is 225 Å². The number of aromatic nitrogens is 4. The normalized spacial score (nSPS) is 12.0. The van der Waals surface area contributed by atoms with Gasteiger partial charge in [-0.15, -0.1) is 0 Å². The molecule has 1 unspecified atom stereocenters. The molecule has 10 heteroatoms. The van der Waals surface area contributed by atoms with Gasteiger partial charge in [0.1, 0.15) is 0 Å². The van der Waals surface area contributed by atoms with Gasteiger partial charge in [0.2, 0.25) is 0 Å². The average molecular weight is 567 g/mol. The van der Waals surface area contributed by atoms with Gasteiger partial charge in [0.05, 0.1) is 0 Å². The summed E-state index contributed by atoms with van der Waals surface area (Å²) in [5.41, 5.74) is 3.70. The predicted octanol–water partition coefficient (Wildman–Crippen LogP) is 4.62. The molecule has 2 aromatic carbocycles. The Morgan fingerprint density at radius 1 is 1.00 bits per heavy atom. The van der Waals surface area contributed by atoms with Crippen molar-refractivity contribution >= 4 is 54.6 Å². The molecule has 3 heterocycles. The number of carbonyl (C=O) groups is 2. The first kappa shape index (κ1) is 25.2. The molecule has 3 N–H and O–H groups in total. The number of carbonyl (C=O) groups excluding carboxylic acids is 1. The molecule has 0 saturated heterocycles. The summed E-state index contributed by atoms with van der Waals surface area (Å²) >= 11 is -1.21. The van der Waals surface area contributed by atoms with Crippen LogP contribution in [0.1, 0.15) is 10.4 Å². The molecule has 5 aromatic rings. The van der Waals surface area contributed by atoms with E-state index >= 15 is 0 Å². The molecular formula is C28H24AsN6O3. The molecule has 0 spiro atoms. The minimum absolute atomic E-state index is 0.139. The summed E-state index contributed by atoms with van der Waals surface area (Å²) in [7, 11) is 1.75. The van der Waals surface area contributed by atoms with E-state index in [0.717, 1.165) is 28.0 Å². The Balaban J connectivity index is 1.38. The Kier molecular flexibility index (Phi) is 7.47. The van der Waals surface area contributed by atoms with E-state index in [9.17, 15) is 14.7 Å². The topological polar surface area (TPSA) is 124 Å². The number of nitrogens with zero attached hydrogens (tertiary/aromatic N) is 4. The first-order valence-electron chi connectivity index (χ1n) is 11.9. The number of fused-ring (bicyclic) bond motifs is 1. The van der Waals surface area contributed by atoms with Crippen LogP contribution in [0.4, 0.5) is 17.5 Å². The summed E-state index contributed by atoms with van der Waals surface area (Å²) in [6.45, 7) is 0.139. The standard InChI is InChI=1S/C28H24AsN6O3/c1-30-28-32-14-12-23(34-28)24-16-19-15-18(10-11-22(19)33-24)26(36)29-21(27(37)38)17-35(20-7-3-2-4-8-20)25-9-5-6-13-31-25/h2-16,21,33H,17H2,1H3,(H,37,38)(H,30,32,34). The van der Waals surface area contributed by atoms with Crippen LogP contribution in [-0.2, 0) is 4.79 Å². The van der Waals surface area contributed by atoms with Crippen molar-refractivity contribution in [1.82, 2.24) is 19.9 Å². The second-order valence-corrected chi connectivity index (χ2v) is 11.1. The Hall–Kier alpha value is -4.49. The van der Waals surface area contributed by atoms with Crippen molar-refractivity contribution in [3.8, 4) is 11.4 Å². The number of aromatic amines is 1. The van der Waals surface area contributed by atoms with Crippen molar-refractivity contribution < 1.29 is 14.7 Å². The van der Waals surface area contributed by atoms with Crippen LogP contribution >= 0.6 is 0 Å². The summed E-state index contributed by atoms with van der Waals surface area (Å²) < 4.78 is -0.994. The predicted molar refractivity (Wildman–Crippen MR) is 148 cm³/mol. The molecule has 3 aromatic heterocycles. The molecule has 0 aliphatic heterocycles. The van der Waals surface area contributed by atoms with Crippen LogP contribution in [-0.4, -0.2) is 64.9 Å². The van der Waals surface area contributed by atoms with Crippen LogP contribution in [0, 0.1) is 0 Å². The summed E-state index contributed by atoms with van der Waals surface area (Å²) in [6.07, 6.45) is 3.34. The van der Waals surface area contributed by atoms with E-state index in [-0.39, 0.29) is 11.1 Å². The van der Waals surface area contributed by atoms with Crippen molar-refractivity contribution in [1.29, 1.82) is 0 Å². The van der Waals surface area contributed by atoms with Gasteiger partial charge in [0, 0.05) is 0 Å². The molecule has 1 radical (unpaired) electrons. The maximum atomic E-state index is 13.3. The number of anilines is 3. The summed E-state index contributed by atoms with van der Waals surface area (Å²) in [5.74, 6) is 0.145.